The fourth-order valence-electron chi connectivity index (χ4n) is 4.32. The number of carbonyl (C=O) groups excluding carboxylic acids is 1. The van der Waals surface area contributed by atoms with E-state index in [-0.39, 0.29) is 24.1 Å². The van der Waals surface area contributed by atoms with Crippen molar-refractivity contribution in [2.45, 2.75) is 57.9 Å². The summed E-state index contributed by atoms with van der Waals surface area (Å²) in [5.41, 5.74) is 4.45. The van der Waals surface area contributed by atoms with Crippen LogP contribution in [0.25, 0.3) is 11.0 Å². The van der Waals surface area contributed by atoms with E-state index in [4.69, 9.17) is 4.98 Å². The van der Waals surface area contributed by atoms with E-state index < -0.39 is 0 Å². The van der Waals surface area contributed by atoms with Gasteiger partial charge < -0.3 is 9.88 Å². The molecule has 2 aromatic heterocycles. The minimum atomic E-state index is -0.0824. The van der Waals surface area contributed by atoms with E-state index in [2.05, 4.69) is 31.3 Å². The van der Waals surface area contributed by atoms with Gasteiger partial charge in [0.2, 0.25) is 5.91 Å². The lowest BCUT2D eigenvalue weighted by Crippen LogP contribution is -2.32. The maximum Gasteiger partial charge on any atom is 0.278 e. The number of fused-ring (bicyclic) bond motifs is 2. The van der Waals surface area contributed by atoms with Crippen LogP contribution in [0.15, 0.2) is 40.3 Å². The summed E-state index contributed by atoms with van der Waals surface area (Å²) < 4.78 is 3.54. The zero-order valence-electron chi connectivity index (χ0n) is 17.9. The fourth-order valence-corrected chi connectivity index (χ4v) is 4.89. The van der Waals surface area contributed by atoms with Crippen molar-refractivity contribution in [1.82, 2.24) is 19.4 Å². The molecule has 7 heteroatoms. The molecule has 0 saturated heterocycles. The second-order valence-electron chi connectivity index (χ2n) is 8.37. The van der Waals surface area contributed by atoms with Crippen molar-refractivity contribution in [3.63, 3.8) is 0 Å². The summed E-state index contributed by atoms with van der Waals surface area (Å²) in [6.45, 7) is 6.80. The van der Waals surface area contributed by atoms with Gasteiger partial charge in [0, 0.05) is 12.2 Å². The van der Waals surface area contributed by atoms with E-state index in [1.165, 1.54) is 22.9 Å². The Bertz CT molecular complexity index is 1160. The third kappa shape index (κ3) is 3.78. The Labute approximate surface area is 180 Å². The number of carbonyl (C=O) groups is 1. The van der Waals surface area contributed by atoms with Crippen LogP contribution in [-0.4, -0.2) is 26.3 Å². The molecule has 0 bridgehead atoms. The van der Waals surface area contributed by atoms with Crippen molar-refractivity contribution in [2.75, 3.05) is 6.26 Å². The number of thioether (sulfide) groups is 1. The molecule has 0 unspecified atom stereocenters. The third-order valence-corrected chi connectivity index (χ3v) is 6.36. The van der Waals surface area contributed by atoms with Crippen molar-refractivity contribution in [3.8, 4) is 0 Å². The highest BCUT2D eigenvalue weighted by Gasteiger charge is 2.24. The highest BCUT2D eigenvalue weighted by molar-refractivity contribution is 7.98. The second-order valence-corrected chi connectivity index (χ2v) is 9.14. The molecule has 1 atom stereocenters. The van der Waals surface area contributed by atoms with Crippen molar-refractivity contribution in [3.05, 3.63) is 57.5 Å². The van der Waals surface area contributed by atoms with E-state index in [9.17, 15) is 9.59 Å². The molecule has 2 heterocycles. The molecular weight excluding hydrogens is 396 g/mol. The molecule has 1 aliphatic carbocycles. The zero-order valence-corrected chi connectivity index (χ0v) is 18.8. The topological polar surface area (TPSA) is 68.9 Å². The predicted octanol–water partition coefficient (Wildman–Crippen LogP) is 3.69. The fraction of sp³-hybridized carbons (Fsp3) is 0.435. The number of benzene rings is 1. The lowest BCUT2D eigenvalue weighted by atomic mass is 10.1. The average Bonchev–Trinajstić information content (AvgIpc) is 3.25. The van der Waals surface area contributed by atoms with E-state index >= 15 is 0 Å². The number of amides is 1. The Morgan fingerprint density at radius 1 is 1.30 bits per heavy atom. The number of hydrogen-bond donors (Lipinski definition) is 1. The lowest BCUT2D eigenvalue weighted by molar-refractivity contribution is -0.122. The van der Waals surface area contributed by atoms with Gasteiger partial charge in [-0.25, -0.2) is 4.98 Å². The van der Waals surface area contributed by atoms with Crippen molar-refractivity contribution in [2.24, 2.45) is 5.92 Å². The molecule has 3 aromatic rings. The van der Waals surface area contributed by atoms with Gasteiger partial charge in [-0.05, 0) is 49.1 Å². The monoisotopic (exact) mass is 424 g/mol. The Balaban J connectivity index is 1.65. The first kappa shape index (κ1) is 20.7. The number of rotatable bonds is 6. The summed E-state index contributed by atoms with van der Waals surface area (Å²) in [4.78, 5) is 30.9. The van der Waals surface area contributed by atoms with Gasteiger partial charge >= 0.3 is 0 Å². The van der Waals surface area contributed by atoms with Crippen LogP contribution < -0.4 is 10.9 Å². The first-order valence-electron chi connectivity index (χ1n) is 10.4. The molecular formula is C23H28N4O2S. The molecule has 0 fully saturated rings. The van der Waals surface area contributed by atoms with Crippen LogP contribution in [0.4, 0.5) is 0 Å². The first-order chi connectivity index (χ1) is 14.4. The summed E-state index contributed by atoms with van der Waals surface area (Å²) in [6.07, 6.45) is 3.82. The van der Waals surface area contributed by atoms with Gasteiger partial charge in [0.05, 0.1) is 11.6 Å². The number of nitrogens with one attached hydrogen (secondary N) is 1. The SMILES string of the molecule is CSc1nc2cc(C)n(CC(=O)N[C@@H]3CCc4ccccc43)c2c(=O)n1CC(C)C. The molecule has 1 aromatic carbocycles. The summed E-state index contributed by atoms with van der Waals surface area (Å²) in [5, 5.41) is 3.87. The van der Waals surface area contributed by atoms with Crippen LogP contribution in [0, 0.1) is 12.8 Å². The molecule has 4 rings (SSSR count). The normalized spacial score (nSPS) is 15.7. The Hall–Kier alpha value is -2.54. The maximum absolute atomic E-state index is 13.3. The van der Waals surface area contributed by atoms with Gasteiger partial charge in [-0.1, -0.05) is 49.9 Å². The largest absolute Gasteiger partial charge is 0.348 e. The summed E-state index contributed by atoms with van der Waals surface area (Å²) in [6, 6.07) is 10.2. The summed E-state index contributed by atoms with van der Waals surface area (Å²) in [7, 11) is 0. The standard InChI is InChI=1S/C23H28N4O2S/c1-14(2)12-27-22(29)21-19(25-23(27)30-4)11-15(3)26(21)13-20(28)24-18-10-9-16-7-5-6-8-17(16)18/h5-8,11,14,18H,9-10,12-13H2,1-4H3,(H,24,28)/t18-/m1/s1. The van der Waals surface area contributed by atoms with Crippen molar-refractivity contribution >= 4 is 28.7 Å². The van der Waals surface area contributed by atoms with Crippen LogP contribution in [0.1, 0.15) is 43.1 Å². The molecule has 158 valence electrons. The minimum absolute atomic E-state index is 0.0367. The molecule has 6 nitrogen and oxygen atoms in total. The van der Waals surface area contributed by atoms with Gasteiger partial charge in [0.15, 0.2) is 5.16 Å². The second kappa shape index (κ2) is 8.30. The van der Waals surface area contributed by atoms with Crippen LogP contribution in [0.5, 0.6) is 0 Å². The molecule has 0 spiro atoms. The third-order valence-electron chi connectivity index (χ3n) is 5.68. The molecule has 1 N–H and O–H groups in total. The number of aromatic nitrogens is 3. The van der Waals surface area contributed by atoms with Gasteiger partial charge in [-0.2, -0.15) is 0 Å². The highest BCUT2D eigenvalue weighted by atomic mass is 32.2. The van der Waals surface area contributed by atoms with Gasteiger partial charge in [-0.15, -0.1) is 0 Å². The Morgan fingerprint density at radius 3 is 2.80 bits per heavy atom. The molecule has 0 aliphatic heterocycles. The zero-order chi connectivity index (χ0) is 21.4. The molecule has 0 radical (unpaired) electrons. The van der Waals surface area contributed by atoms with Gasteiger partial charge in [0.25, 0.3) is 5.56 Å². The highest BCUT2D eigenvalue weighted by Crippen LogP contribution is 2.30. The van der Waals surface area contributed by atoms with Crippen LogP contribution in [0.2, 0.25) is 0 Å². The van der Waals surface area contributed by atoms with Gasteiger partial charge in [-0.3, -0.25) is 14.2 Å². The number of nitrogens with zero attached hydrogens (tertiary/aromatic N) is 3. The summed E-state index contributed by atoms with van der Waals surface area (Å²) >= 11 is 1.47. The predicted molar refractivity (Wildman–Crippen MR) is 121 cm³/mol. The first-order valence-corrected chi connectivity index (χ1v) is 11.6. The molecule has 1 aliphatic rings. The van der Waals surface area contributed by atoms with Crippen molar-refractivity contribution < 1.29 is 4.79 Å². The number of aryl methyl sites for hydroxylation is 2. The molecule has 30 heavy (non-hydrogen) atoms. The van der Waals surface area contributed by atoms with Crippen LogP contribution in [-0.2, 0) is 24.3 Å². The quantitative estimate of drug-likeness (QED) is 0.484. The Morgan fingerprint density at radius 2 is 2.07 bits per heavy atom. The van der Waals surface area contributed by atoms with E-state index in [1.54, 1.807) is 4.57 Å². The smallest absolute Gasteiger partial charge is 0.278 e. The molecule has 0 saturated carbocycles. The average molecular weight is 425 g/mol. The van der Waals surface area contributed by atoms with Gasteiger partial charge in [0.1, 0.15) is 12.1 Å². The molecule has 1 amide bonds. The van der Waals surface area contributed by atoms with E-state index in [0.717, 1.165) is 18.5 Å². The Kier molecular flexibility index (Phi) is 5.73. The lowest BCUT2D eigenvalue weighted by Gasteiger charge is -2.16. The minimum Gasteiger partial charge on any atom is -0.348 e. The number of hydrogen-bond acceptors (Lipinski definition) is 4. The van der Waals surface area contributed by atoms with E-state index in [1.807, 2.05) is 35.9 Å². The van der Waals surface area contributed by atoms with Crippen LogP contribution in [0.3, 0.4) is 0 Å². The maximum atomic E-state index is 13.3. The van der Waals surface area contributed by atoms with E-state index in [0.29, 0.717) is 28.7 Å². The van der Waals surface area contributed by atoms with Crippen molar-refractivity contribution in [1.29, 1.82) is 0 Å². The van der Waals surface area contributed by atoms with Crippen LogP contribution >= 0.6 is 11.8 Å². The summed E-state index contributed by atoms with van der Waals surface area (Å²) in [5.74, 6) is 0.240.